The number of hydrogen-bond donors (Lipinski definition) is 2. The van der Waals surface area contributed by atoms with Crippen molar-refractivity contribution >= 4 is 33.1 Å². The molecule has 0 aliphatic carbocycles. The lowest BCUT2D eigenvalue weighted by Crippen LogP contribution is -1.96. The number of benzene rings is 1. The van der Waals surface area contributed by atoms with Gasteiger partial charge in [0.1, 0.15) is 11.6 Å². The molecule has 0 bridgehead atoms. The number of nitrogens with one attached hydrogen (secondary N) is 1. The molecule has 0 fully saturated rings. The summed E-state index contributed by atoms with van der Waals surface area (Å²) < 4.78 is 13.7. The van der Waals surface area contributed by atoms with Crippen LogP contribution in [0.2, 0.25) is 0 Å². The number of nitrogen functional groups attached to an aromatic ring is 1. The molecule has 2 rings (SSSR count). The predicted molar refractivity (Wildman–Crippen MR) is 70.8 cm³/mol. The Morgan fingerprint density at radius 1 is 1.35 bits per heavy atom. The highest BCUT2D eigenvalue weighted by molar-refractivity contribution is 9.10. The fourth-order valence-electron chi connectivity index (χ4n) is 1.46. The first-order valence-corrected chi connectivity index (χ1v) is 5.80. The molecule has 3 N–H and O–H groups in total. The third kappa shape index (κ3) is 2.74. The molecule has 0 unspecified atom stereocenters. The van der Waals surface area contributed by atoms with E-state index in [0.717, 1.165) is 16.9 Å². The molecule has 1 aromatic carbocycles. The third-order valence-electron chi connectivity index (χ3n) is 2.33. The van der Waals surface area contributed by atoms with Crippen LogP contribution >= 0.6 is 15.9 Å². The largest absolute Gasteiger partial charge is 0.384 e. The lowest BCUT2D eigenvalue weighted by Gasteiger charge is -2.10. The zero-order valence-corrected chi connectivity index (χ0v) is 10.8. The Morgan fingerprint density at radius 3 is 2.82 bits per heavy atom. The number of nitrogens with zero attached hydrogens (tertiary/aromatic N) is 1. The summed E-state index contributed by atoms with van der Waals surface area (Å²) in [6.07, 6.45) is 1.62. The first-order valence-electron chi connectivity index (χ1n) is 5.00. The molecule has 0 atom stereocenters. The van der Waals surface area contributed by atoms with E-state index in [1.165, 1.54) is 6.07 Å². The smallest absolute Gasteiger partial charge is 0.137 e. The molecule has 0 aliphatic heterocycles. The highest BCUT2D eigenvalue weighted by Crippen LogP contribution is 2.27. The average molecular weight is 296 g/mol. The van der Waals surface area contributed by atoms with Crippen molar-refractivity contribution in [3.63, 3.8) is 0 Å². The zero-order chi connectivity index (χ0) is 12.4. The Labute approximate surface area is 107 Å². The van der Waals surface area contributed by atoms with Crippen molar-refractivity contribution in [2.45, 2.75) is 6.92 Å². The van der Waals surface area contributed by atoms with Crippen molar-refractivity contribution in [2.75, 3.05) is 11.1 Å². The van der Waals surface area contributed by atoms with Gasteiger partial charge in [-0.3, -0.25) is 0 Å². The van der Waals surface area contributed by atoms with E-state index in [1.807, 2.05) is 6.92 Å². The van der Waals surface area contributed by atoms with Crippen LogP contribution in [-0.4, -0.2) is 4.98 Å². The van der Waals surface area contributed by atoms with Crippen LogP contribution in [0.1, 0.15) is 5.56 Å². The number of hydrogen-bond acceptors (Lipinski definition) is 3. The van der Waals surface area contributed by atoms with Crippen molar-refractivity contribution in [3.8, 4) is 0 Å². The van der Waals surface area contributed by atoms with Gasteiger partial charge in [-0.25, -0.2) is 9.37 Å². The second-order valence-electron chi connectivity index (χ2n) is 3.68. The van der Waals surface area contributed by atoms with Crippen molar-refractivity contribution in [1.29, 1.82) is 0 Å². The summed E-state index contributed by atoms with van der Waals surface area (Å²) in [5, 5.41) is 3.16. The molecule has 2 aromatic rings. The molecule has 1 aromatic heterocycles. The van der Waals surface area contributed by atoms with Crippen molar-refractivity contribution in [2.24, 2.45) is 0 Å². The second kappa shape index (κ2) is 4.71. The van der Waals surface area contributed by atoms with E-state index in [1.54, 1.807) is 24.4 Å². The van der Waals surface area contributed by atoms with Gasteiger partial charge in [-0.05, 0) is 46.6 Å². The van der Waals surface area contributed by atoms with E-state index in [2.05, 4.69) is 26.2 Å². The van der Waals surface area contributed by atoms with Crippen molar-refractivity contribution < 1.29 is 4.39 Å². The molecule has 3 nitrogen and oxygen atoms in total. The fraction of sp³-hybridized carbons (Fsp3) is 0.0833. The van der Waals surface area contributed by atoms with Gasteiger partial charge in [-0.1, -0.05) is 0 Å². The Kier molecular flexibility index (Phi) is 3.28. The van der Waals surface area contributed by atoms with E-state index in [9.17, 15) is 4.39 Å². The minimum Gasteiger partial charge on any atom is -0.384 e. The van der Waals surface area contributed by atoms with Gasteiger partial charge in [0.2, 0.25) is 0 Å². The Balaban J connectivity index is 2.33. The van der Waals surface area contributed by atoms with Crippen LogP contribution in [0, 0.1) is 12.7 Å². The quantitative estimate of drug-likeness (QED) is 0.890. The van der Waals surface area contributed by atoms with E-state index in [4.69, 9.17) is 5.73 Å². The van der Waals surface area contributed by atoms with Gasteiger partial charge in [-0.15, -0.1) is 0 Å². The molecular weight excluding hydrogens is 285 g/mol. The predicted octanol–water partition coefficient (Wildman–Crippen LogP) is 3.62. The molecule has 5 heteroatoms. The second-order valence-corrected chi connectivity index (χ2v) is 4.53. The van der Waals surface area contributed by atoms with Crippen molar-refractivity contribution in [3.05, 3.63) is 46.3 Å². The van der Waals surface area contributed by atoms with E-state index in [0.29, 0.717) is 10.3 Å². The summed E-state index contributed by atoms with van der Waals surface area (Å²) in [6, 6.07) is 6.68. The highest BCUT2D eigenvalue weighted by Gasteiger charge is 2.05. The average Bonchev–Trinajstić information content (AvgIpc) is 2.26. The number of halogens is 2. The van der Waals surface area contributed by atoms with Crippen LogP contribution in [0.3, 0.4) is 0 Å². The number of rotatable bonds is 2. The number of pyridine rings is 1. The van der Waals surface area contributed by atoms with E-state index >= 15 is 0 Å². The SMILES string of the molecule is Cc1cc(F)c(Br)cc1Nc1ccnc(N)c1. The molecule has 1 heterocycles. The van der Waals surface area contributed by atoms with E-state index < -0.39 is 0 Å². The molecule has 88 valence electrons. The maximum atomic E-state index is 13.3. The highest BCUT2D eigenvalue weighted by atomic mass is 79.9. The Bertz CT molecular complexity index is 557. The Hall–Kier alpha value is -1.62. The van der Waals surface area contributed by atoms with Crippen LogP contribution in [0.5, 0.6) is 0 Å². The molecule has 0 spiro atoms. The topological polar surface area (TPSA) is 50.9 Å². The maximum Gasteiger partial charge on any atom is 0.137 e. The van der Waals surface area contributed by atoms with Gasteiger partial charge in [0, 0.05) is 23.6 Å². The summed E-state index contributed by atoms with van der Waals surface area (Å²) >= 11 is 3.16. The number of anilines is 3. The molecule has 0 saturated heterocycles. The van der Waals surface area contributed by atoms with Gasteiger partial charge < -0.3 is 11.1 Å². The number of nitrogens with two attached hydrogens (primary N) is 1. The van der Waals surface area contributed by atoms with Crippen LogP contribution in [-0.2, 0) is 0 Å². The number of aromatic nitrogens is 1. The van der Waals surface area contributed by atoms with Gasteiger partial charge >= 0.3 is 0 Å². The monoisotopic (exact) mass is 295 g/mol. The lowest BCUT2D eigenvalue weighted by atomic mass is 10.2. The first kappa shape index (κ1) is 11.9. The minimum atomic E-state index is -0.276. The molecule has 0 radical (unpaired) electrons. The first-order chi connectivity index (χ1) is 8.06. The molecule has 17 heavy (non-hydrogen) atoms. The third-order valence-corrected chi connectivity index (χ3v) is 2.94. The van der Waals surface area contributed by atoms with Gasteiger partial charge in [0.25, 0.3) is 0 Å². The summed E-state index contributed by atoms with van der Waals surface area (Å²) in [5.74, 6) is 0.163. The fourth-order valence-corrected chi connectivity index (χ4v) is 1.81. The summed E-state index contributed by atoms with van der Waals surface area (Å²) in [6.45, 7) is 1.84. The van der Waals surface area contributed by atoms with Gasteiger partial charge in [0.05, 0.1) is 4.47 Å². The normalized spacial score (nSPS) is 10.3. The van der Waals surface area contributed by atoms with E-state index in [-0.39, 0.29) is 5.82 Å². The van der Waals surface area contributed by atoms with Gasteiger partial charge in [0.15, 0.2) is 0 Å². The minimum absolute atomic E-state index is 0.276. The number of aryl methyl sites for hydroxylation is 1. The summed E-state index contributed by atoms with van der Waals surface area (Å²) in [4.78, 5) is 3.90. The summed E-state index contributed by atoms with van der Waals surface area (Å²) in [7, 11) is 0. The van der Waals surface area contributed by atoms with Crippen LogP contribution in [0.25, 0.3) is 0 Å². The zero-order valence-electron chi connectivity index (χ0n) is 9.17. The Morgan fingerprint density at radius 2 is 2.12 bits per heavy atom. The van der Waals surface area contributed by atoms with Crippen LogP contribution in [0.4, 0.5) is 21.6 Å². The maximum absolute atomic E-state index is 13.3. The summed E-state index contributed by atoms with van der Waals surface area (Å²) in [5.41, 5.74) is 8.05. The lowest BCUT2D eigenvalue weighted by molar-refractivity contribution is 0.620. The standard InChI is InChI=1S/C12H11BrFN3/c1-7-4-10(14)9(13)6-11(7)17-8-2-3-16-12(15)5-8/h2-6H,1H3,(H3,15,16,17). The molecule has 0 amide bonds. The molecule has 0 aliphatic rings. The van der Waals surface area contributed by atoms with Crippen LogP contribution in [0.15, 0.2) is 34.9 Å². The van der Waals surface area contributed by atoms with Gasteiger partial charge in [-0.2, -0.15) is 0 Å². The molecular formula is C12H11BrFN3. The van der Waals surface area contributed by atoms with Crippen LogP contribution < -0.4 is 11.1 Å². The molecule has 0 saturated carbocycles. The van der Waals surface area contributed by atoms with Crippen molar-refractivity contribution in [1.82, 2.24) is 4.98 Å².